The summed E-state index contributed by atoms with van der Waals surface area (Å²) in [5, 5.41) is 0. The highest BCUT2D eigenvalue weighted by molar-refractivity contribution is 9.10. The standard InChI is InChI=1S/C82H78Br2N2/c1-7-11-13-15-59-17-21-63(22-18-59)67-29-41-73(42-30-67)85(75-45-33-69(34-46-75)65-25-37-71(83)38-26-65)77-49-51-79(57(5)53-77)81-55-62(10-4)82(56-61(81)9-3)80-52-50-78(54-58(80)6)86(76-47-35-70(36-48-76)66-27-39-72(84)40-28-66)74-43-31-68(32-44-74)64-23-19-60(20-24-64)16-14-12-8-2/h17-56H,7-16H2,1-6H3. The molecule has 0 heterocycles. The number of benzene rings is 11. The number of aryl methyl sites for hydroxylation is 6. The van der Waals surface area contributed by atoms with Crippen molar-refractivity contribution in [3.05, 3.63) is 285 Å². The first-order chi connectivity index (χ1) is 42.1. The monoisotopic (exact) mass is 1250 g/mol. The summed E-state index contributed by atoms with van der Waals surface area (Å²) in [5.41, 5.74) is 29.5. The van der Waals surface area contributed by atoms with Crippen LogP contribution in [0.2, 0.25) is 0 Å². The predicted octanol–water partition coefficient (Wildman–Crippen LogP) is 25.4. The normalized spacial score (nSPS) is 11.3. The Balaban J connectivity index is 0.907. The molecule has 0 unspecified atom stereocenters. The molecule has 11 aromatic carbocycles. The van der Waals surface area contributed by atoms with Crippen LogP contribution in [-0.2, 0) is 25.7 Å². The van der Waals surface area contributed by atoms with Gasteiger partial charge in [-0.25, -0.2) is 0 Å². The van der Waals surface area contributed by atoms with E-state index in [1.807, 2.05) is 0 Å². The molecule has 0 aromatic heterocycles. The zero-order chi connectivity index (χ0) is 59.5. The van der Waals surface area contributed by atoms with Crippen LogP contribution in [0.15, 0.2) is 252 Å². The molecule has 0 saturated heterocycles. The van der Waals surface area contributed by atoms with Gasteiger partial charge in [-0.1, -0.05) is 231 Å². The average molecular weight is 1250 g/mol. The second-order valence-corrected chi connectivity index (χ2v) is 24.9. The van der Waals surface area contributed by atoms with Gasteiger partial charge in [-0.05, 0) is 250 Å². The number of hydrogen-bond acceptors (Lipinski definition) is 2. The lowest BCUT2D eigenvalue weighted by atomic mass is 9.86. The van der Waals surface area contributed by atoms with Crippen LogP contribution in [0.3, 0.4) is 0 Å². The molecule has 11 rings (SSSR count). The molecule has 4 heteroatoms. The molecule has 0 fully saturated rings. The SMILES string of the molecule is CCCCCc1ccc(-c2ccc(N(c3ccc(-c4ccc(Br)cc4)cc3)c3ccc(-c4cc(CC)c(-c5ccc(N(c6ccc(-c7ccc(Br)cc7)cc6)c6ccc(-c7ccc(CCCCC)cc7)cc6)cc5C)cc4CC)c(C)c3)cc2)cc1. The summed E-state index contributed by atoms with van der Waals surface area (Å²) in [5.74, 6) is 0. The Kier molecular flexibility index (Phi) is 19.4. The maximum absolute atomic E-state index is 3.62. The number of halogens is 2. The van der Waals surface area contributed by atoms with Crippen molar-refractivity contribution in [1.82, 2.24) is 0 Å². The van der Waals surface area contributed by atoms with E-state index in [9.17, 15) is 0 Å². The Bertz CT molecular complexity index is 3750. The van der Waals surface area contributed by atoms with Crippen molar-refractivity contribution in [3.63, 3.8) is 0 Å². The lowest BCUT2D eigenvalue weighted by Crippen LogP contribution is -2.10. The van der Waals surface area contributed by atoms with E-state index in [1.165, 1.54) is 139 Å². The van der Waals surface area contributed by atoms with E-state index in [2.05, 4.69) is 326 Å². The quantitative estimate of drug-likeness (QED) is 0.0624. The molecule has 0 spiro atoms. The van der Waals surface area contributed by atoms with Crippen molar-refractivity contribution >= 4 is 66.0 Å². The molecule has 0 N–H and O–H groups in total. The largest absolute Gasteiger partial charge is 0.310 e. The number of unbranched alkanes of at least 4 members (excludes halogenated alkanes) is 4. The van der Waals surface area contributed by atoms with Crippen molar-refractivity contribution in [2.75, 3.05) is 9.80 Å². The minimum Gasteiger partial charge on any atom is -0.310 e. The van der Waals surface area contributed by atoms with Crippen molar-refractivity contribution in [3.8, 4) is 66.8 Å². The summed E-state index contributed by atoms with van der Waals surface area (Å²) in [6.07, 6.45) is 11.6. The first kappa shape index (κ1) is 59.7. The fourth-order valence-corrected chi connectivity index (χ4v) is 12.8. The second kappa shape index (κ2) is 28.0. The Hall–Kier alpha value is -8.02. The first-order valence-electron chi connectivity index (χ1n) is 31.2. The van der Waals surface area contributed by atoms with Crippen LogP contribution in [0, 0.1) is 13.8 Å². The lowest BCUT2D eigenvalue weighted by molar-refractivity contribution is 0.717. The van der Waals surface area contributed by atoms with Gasteiger partial charge in [0.2, 0.25) is 0 Å². The minimum absolute atomic E-state index is 0.915. The van der Waals surface area contributed by atoms with Gasteiger partial charge in [-0.3, -0.25) is 0 Å². The lowest BCUT2D eigenvalue weighted by Gasteiger charge is -2.27. The summed E-state index contributed by atoms with van der Waals surface area (Å²) in [6, 6.07) is 90.8. The van der Waals surface area contributed by atoms with E-state index in [0.717, 1.165) is 68.8 Å². The highest BCUT2D eigenvalue weighted by atomic mass is 79.9. The molecule has 86 heavy (non-hydrogen) atoms. The van der Waals surface area contributed by atoms with Crippen LogP contribution in [0.4, 0.5) is 34.1 Å². The fraction of sp³-hybridized carbons (Fsp3) is 0.195. The topological polar surface area (TPSA) is 6.48 Å². The molecule has 11 aromatic rings. The van der Waals surface area contributed by atoms with Crippen LogP contribution >= 0.6 is 31.9 Å². The molecule has 0 atom stereocenters. The summed E-state index contributed by atoms with van der Waals surface area (Å²) in [4.78, 5) is 4.81. The highest BCUT2D eigenvalue weighted by Gasteiger charge is 2.21. The smallest absolute Gasteiger partial charge is 0.0464 e. The molecule has 0 radical (unpaired) electrons. The maximum Gasteiger partial charge on any atom is 0.0464 e. The highest BCUT2D eigenvalue weighted by Crippen LogP contribution is 2.44. The van der Waals surface area contributed by atoms with Gasteiger partial charge < -0.3 is 9.80 Å². The van der Waals surface area contributed by atoms with Crippen molar-refractivity contribution in [2.45, 2.75) is 106 Å². The second-order valence-electron chi connectivity index (χ2n) is 23.1. The summed E-state index contributed by atoms with van der Waals surface area (Å²) in [7, 11) is 0. The molecule has 0 amide bonds. The fourth-order valence-electron chi connectivity index (χ4n) is 12.2. The van der Waals surface area contributed by atoms with Crippen LogP contribution in [-0.4, -0.2) is 0 Å². The van der Waals surface area contributed by atoms with E-state index in [4.69, 9.17) is 0 Å². The Morgan fingerprint density at radius 3 is 0.779 bits per heavy atom. The van der Waals surface area contributed by atoms with E-state index in [1.54, 1.807) is 0 Å². The van der Waals surface area contributed by atoms with Crippen molar-refractivity contribution in [1.29, 1.82) is 0 Å². The zero-order valence-electron chi connectivity index (χ0n) is 50.8. The Morgan fingerprint density at radius 2 is 0.523 bits per heavy atom. The van der Waals surface area contributed by atoms with Gasteiger partial charge in [0.15, 0.2) is 0 Å². The number of anilines is 6. The van der Waals surface area contributed by atoms with Crippen LogP contribution in [0.5, 0.6) is 0 Å². The van der Waals surface area contributed by atoms with Gasteiger partial charge in [0.05, 0.1) is 0 Å². The molecule has 0 aliphatic carbocycles. The molecule has 0 saturated carbocycles. The number of nitrogens with zero attached hydrogens (tertiary/aromatic N) is 2. The Morgan fingerprint density at radius 1 is 0.267 bits per heavy atom. The van der Waals surface area contributed by atoms with Gasteiger partial charge in [-0.15, -0.1) is 0 Å². The maximum atomic E-state index is 3.62. The Labute approximate surface area is 529 Å². The van der Waals surface area contributed by atoms with Crippen LogP contribution in [0.25, 0.3) is 66.8 Å². The van der Waals surface area contributed by atoms with Gasteiger partial charge in [0, 0.05) is 43.1 Å². The molecule has 0 aliphatic heterocycles. The van der Waals surface area contributed by atoms with Gasteiger partial charge in [0.25, 0.3) is 0 Å². The number of hydrogen-bond donors (Lipinski definition) is 0. The predicted molar refractivity (Wildman–Crippen MR) is 379 cm³/mol. The molecular formula is C82H78Br2N2. The molecular weight excluding hydrogens is 1170 g/mol. The van der Waals surface area contributed by atoms with Gasteiger partial charge >= 0.3 is 0 Å². The van der Waals surface area contributed by atoms with E-state index >= 15 is 0 Å². The van der Waals surface area contributed by atoms with Crippen molar-refractivity contribution in [2.24, 2.45) is 0 Å². The van der Waals surface area contributed by atoms with E-state index in [0.29, 0.717) is 0 Å². The molecule has 430 valence electrons. The first-order valence-corrected chi connectivity index (χ1v) is 32.7. The number of rotatable bonds is 22. The third-order valence-electron chi connectivity index (χ3n) is 17.2. The molecule has 2 nitrogen and oxygen atoms in total. The van der Waals surface area contributed by atoms with E-state index in [-0.39, 0.29) is 0 Å². The zero-order valence-corrected chi connectivity index (χ0v) is 54.0. The average Bonchev–Trinajstić information content (AvgIpc) is 2.30. The van der Waals surface area contributed by atoms with Gasteiger partial charge in [0.1, 0.15) is 0 Å². The van der Waals surface area contributed by atoms with E-state index < -0.39 is 0 Å². The van der Waals surface area contributed by atoms with Crippen LogP contribution in [0.1, 0.15) is 99.6 Å². The minimum atomic E-state index is 0.915. The molecule has 0 bridgehead atoms. The summed E-state index contributed by atoms with van der Waals surface area (Å²) >= 11 is 7.24. The van der Waals surface area contributed by atoms with Crippen molar-refractivity contribution < 1.29 is 0 Å². The molecule has 0 aliphatic rings. The third kappa shape index (κ3) is 13.8. The van der Waals surface area contributed by atoms with Crippen LogP contribution < -0.4 is 9.80 Å². The third-order valence-corrected chi connectivity index (χ3v) is 18.2. The summed E-state index contributed by atoms with van der Waals surface area (Å²) < 4.78 is 2.16. The van der Waals surface area contributed by atoms with Gasteiger partial charge in [-0.2, -0.15) is 0 Å². The summed E-state index contributed by atoms with van der Waals surface area (Å²) in [6.45, 7) is 13.7.